The Morgan fingerprint density at radius 3 is 3.00 bits per heavy atom. The van der Waals surface area contributed by atoms with Crippen LogP contribution >= 0.6 is 15.9 Å². The van der Waals surface area contributed by atoms with Gasteiger partial charge in [0, 0.05) is 11.0 Å². The van der Waals surface area contributed by atoms with Crippen molar-refractivity contribution < 1.29 is 14.3 Å². The molecular weight excluding hydrogens is 312 g/mol. The first kappa shape index (κ1) is 14.3. The van der Waals surface area contributed by atoms with Crippen LogP contribution in [-0.2, 0) is 9.53 Å². The Labute approximate surface area is 120 Å². The van der Waals surface area contributed by atoms with Gasteiger partial charge < -0.3 is 20.5 Å². The third-order valence-corrected chi connectivity index (χ3v) is 3.58. The summed E-state index contributed by atoms with van der Waals surface area (Å²) in [5.41, 5.74) is 6.16. The van der Waals surface area contributed by atoms with E-state index in [2.05, 4.69) is 21.2 Å². The van der Waals surface area contributed by atoms with Gasteiger partial charge in [0.25, 0.3) is 5.91 Å². The molecule has 0 aliphatic carbocycles. The molecule has 2 atom stereocenters. The first-order chi connectivity index (χ1) is 9.13. The van der Waals surface area contributed by atoms with E-state index in [4.69, 9.17) is 15.2 Å². The van der Waals surface area contributed by atoms with Crippen molar-refractivity contribution in [3.63, 3.8) is 0 Å². The predicted molar refractivity (Wildman–Crippen MR) is 76.3 cm³/mol. The lowest BCUT2D eigenvalue weighted by Gasteiger charge is -2.14. The van der Waals surface area contributed by atoms with Gasteiger partial charge in [0.2, 0.25) is 0 Å². The van der Waals surface area contributed by atoms with E-state index in [1.54, 1.807) is 19.2 Å². The maximum absolute atomic E-state index is 12.1. The van der Waals surface area contributed by atoms with Crippen molar-refractivity contribution in [2.45, 2.75) is 25.0 Å². The Balaban J connectivity index is 2.05. The number of nitrogens with one attached hydrogen (secondary N) is 1. The van der Waals surface area contributed by atoms with Crippen molar-refractivity contribution in [1.29, 1.82) is 0 Å². The molecule has 1 aromatic rings. The molecule has 0 aromatic heterocycles. The maximum atomic E-state index is 12.1. The third-order valence-electron chi connectivity index (χ3n) is 3.08. The zero-order valence-electron chi connectivity index (χ0n) is 10.7. The summed E-state index contributed by atoms with van der Waals surface area (Å²) in [5.74, 6) is 0.456. The van der Waals surface area contributed by atoms with Crippen molar-refractivity contribution in [2.75, 3.05) is 19.0 Å². The average molecular weight is 329 g/mol. The van der Waals surface area contributed by atoms with Crippen LogP contribution in [0.1, 0.15) is 12.8 Å². The van der Waals surface area contributed by atoms with E-state index >= 15 is 0 Å². The fraction of sp³-hybridized carbons (Fsp3) is 0.462. The van der Waals surface area contributed by atoms with Crippen LogP contribution in [0.3, 0.4) is 0 Å². The number of ether oxygens (including phenoxy) is 2. The molecule has 3 N–H and O–H groups in total. The number of halogens is 1. The lowest BCUT2D eigenvalue weighted by atomic mass is 10.2. The van der Waals surface area contributed by atoms with Crippen LogP contribution in [0.5, 0.6) is 5.75 Å². The maximum Gasteiger partial charge on any atom is 0.253 e. The second-order valence-corrected chi connectivity index (χ2v) is 5.31. The van der Waals surface area contributed by atoms with Crippen LogP contribution in [0.15, 0.2) is 22.7 Å². The van der Waals surface area contributed by atoms with Gasteiger partial charge in [-0.2, -0.15) is 0 Å². The van der Waals surface area contributed by atoms with Crippen LogP contribution in [0.25, 0.3) is 0 Å². The molecule has 0 radical (unpaired) electrons. The SMILES string of the molecule is COc1ccc(Br)cc1NC(=O)[C@@H]1CC[C@H](CN)O1. The molecule has 5 nitrogen and oxygen atoms in total. The highest BCUT2D eigenvalue weighted by molar-refractivity contribution is 9.10. The highest BCUT2D eigenvalue weighted by Gasteiger charge is 2.30. The number of methoxy groups -OCH3 is 1. The lowest BCUT2D eigenvalue weighted by molar-refractivity contribution is -0.126. The molecule has 19 heavy (non-hydrogen) atoms. The number of benzene rings is 1. The molecule has 104 valence electrons. The molecule has 1 fully saturated rings. The first-order valence-electron chi connectivity index (χ1n) is 6.14. The number of hydrogen-bond acceptors (Lipinski definition) is 4. The van der Waals surface area contributed by atoms with E-state index < -0.39 is 6.10 Å². The number of amides is 1. The standard InChI is InChI=1S/C13H17BrN2O3/c1-18-11-4-2-8(14)6-10(11)16-13(17)12-5-3-9(7-15)19-12/h2,4,6,9,12H,3,5,7,15H2,1H3,(H,16,17)/t9-,12+/m1/s1. The number of anilines is 1. The fourth-order valence-electron chi connectivity index (χ4n) is 2.06. The molecule has 0 unspecified atom stereocenters. The van der Waals surface area contributed by atoms with Gasteiger partial charge in [-0.3, -0.25) is 4.79 Å². The van der Waals surface area contributed by atoms with Crippen molar-refractivity contribution >= 4 is 27.5 Å². The van der Waals surface area contributed by atoms with Gasteiger partial charge >= 0.3 is 0 Å². The monoisotopic (exact) mass is 328 g/mol. The normalized spacial score (nSPS) is 22.3. The summed E-state index contributed by atoms with van der Waals surface area (Å²) >= 11 is 3.37. The van der Waals surface area contributed by atoms with E-state index in [0.717, 1.165) is 10.9 Å². The number of nitrogens with two attached hydrogens (primary N) is 1. The van der Waals surface area contributed by atoms with Crippen LogP contribution in [0, 0.1) is 0 Å². The molecule has 1 amide bonds. The van der Waals surface area contributed by atoms with E-state index in [1.165, 1.54) is 0 Å². The molecule has 2 rings (SSSR count). The largest absolute Gasteiger partial charge is 0.495 e. The van der Waals surface area contributed by atoms with Gasteiger partial charge in [0.15, 0.2) is 0 Å². The third kappa shape index (κ3) is 3.46. The smallest absolute Gasteiger partial charge is 0.253 e. The van der Waals surface area contributed by atoms with Crippen LogP contribution in [0.2, 0.25) is 0 Å². The minimum absolute atomic E-state index is 0.0137. The fourth-order valence-corrected chi connectivity index (χ4v) is 2.42. The van der Waals surface area contributed by atoms with E-state index in [0.29, 0.717) is 24.4 Å². The molecule has 0 spiro atoms. The highest BCUT2D eigenvalue weighted by atomic mass is 79.9. The van der Waals surface area contributed by atoms with Gasteiger partial charge in [-0.05, 0) is 31.0 Å². The second-order valence-electron chi connectivity index (χ2n) is 4.39. The van der Waals surface area contributed by atoms with E-state index in [1.807, 2.05) is 6.07 Å². The van der Waals surface area contributed by atoms with Crippen molar-refractivity contribution in [3.8, 4) is 5.75 Å². The van der Waals surface area contributed by atoms with Crippen LogP contribution in [-0.4, -0.2) is 31.8 Å². The Kier molecular flexibility index (Phi) is 4.79. The van der Waals surface area contributed by atoms with E-state index in [-0.39, 0.29) is 12.0 Å². The Morgan fingerprint density at radius 1 is 1.58 bits per heavy atom. The second kappa shape index (κ2) is 6.36. The molecule has 1 aliphatic rings. The number of carbonyl (C=O) groups is 1. The number of hydrogen-bond donors (Lipinski definition) is 2. The molecule has 1 aromatic carbocycles. The quantitative estimate of drug-likeness (QED) is 0.885. The summed E-state index contributed by atoms with van der Waals surface area (Å²) in [5, 5.41) is 2.83. The average Bonchev–Trinajstić information content (AvgIpc) is 2.88. The number of rotatable bonds is 4. The minimum Gasteiger partial charge on any atom is -0.495 e. The van der Waals surface area contributed by atoms with Crippen molar-refractivity contribution in [2.24, 2.45) is 5.73 Å². The number of carbonyl (C=O) groups excluding carboxylic acids is 1. The lowest BCUT2D eigenvalue weighted by Crippen LogP contribution is -2.29. The predicted octanol–water partition coefficient (Wildman–Crippen LogP) is 1.90. The summed E-state index contributed by atoms with van der Waals surface area (Å²) in [6.07, 6.45) is 1.08. The molecule has 6 heteroatoms. The topological polar surface area (TPSA) is 73.6 Å². The molecular formula is C13H17BrN2O3. The molecule has 1 aliphatic heterocycles. The van der Waals surface area contributed by atoms with Crippen LogP contribution < -0.4 is 15.8 Å². The summed E-state index contributed by atoms with van der Waals surface area (Å²) in [6.45, 7) is 0.448. The summed E-state index contributed by atoms with van der Waals surface area (Å²) in [7, 11) is 1.56. The summed E-state index contributed by atoms with van der Waals surface area (Å²) in [4.78, 5) is 12.1. The Hall–Kier alpha value is -1.11. The first-order valence-corrected chi connectivity index (χ1v) is 6.93. The van der Waals surface area contributed by atoms with Gasteiger partial charge in [-0.25, -0.2) is 0 Å². The minimum atomic E-state index is -0.433. The zero-order valence-corrected chi connectivity index (χ0v) is 12.3. The van der Waals surface area contributed by atoms with Gasteiger partial charge in [-0.15, -0.1) is 0 Å². The van der Waals surface area contributed by atoms with Gasteiger partial charge in [0.1, 0.15) is 11.9 Å². The van der Waals surface area contributed by atoms with Gasteiger partial charge in [0.05, 0.1) is 18.9 Å². The van der Waals surface area contributed by atoms with E-state index in [9.17, 15) is 4.79 Å². The van der Waals surface area contributed by atoms with Gasteiger partial charge in [-0.1, -0.05) is 15.9 Å². The molecule has 0 saturated carbocycles. The summed E-state index contributed by atoms with van der Waals surface area (Å²) < 4.78 is 11.6. The van der Waals surface area contributed by atoms with Crippen molar-refractivity contribution in [1.82, 2.24) is 0 Å². The molecule has 0 bridgehead atoms. The van der Waals surface area contributed by atoms with Crippen molar-refractivity contribution in [3.05, 3.63) is 22.7 Å². The van der Waals surface area contributed by atoms with Crippen LogP contribution in [0.4, 0.5) is 5.69 Å². The molecule has 1 saturated heterocycles. The molecule has 1 heterocycles. The summed E-state index contributed by atoms with van der Waals surface area (Å²) in [6, 6.07) is 5.44. The Morgan fingerprint density at radius 2 is 2.37 bits per heavy atom. The highest BCUT2D eigenvalue weighted by Crippen LogP contribution is 2.29. The Bertz CT molecular complexity index is 467. The zero-order chi connectivity index (χ0) is 13.8.